The Morgan fingerprint density at radius 2 is 1.84 bits per heavy atom. The summed E-state index contributed by atoms with van der Waals surface area (Å²) >= 11 is 6.23. The van der Waals surface area contributed by atoms with Crippen molar-refractivity contribution in [1.82, 2.24) is 10.6 Å². The summed E-state index contributed by atoms with van der Waals surface area (Å²) in [6.45, 7) is 2.62. The van der Waals surface area contributed by atoms with E-state index in [4.69, 9.17) is 11.6 Å². The van der Waals surface area contributed by atoms with Gasteiger partial charge in [0.1, 0.15) is 0 Å². The van der Waals surface area contributed by atoms with Crippen molar-refractivity contribution in [1.29, 1.82) is 0 Å². The third-order valence-corrected chi connectivity index (χ3v) is 5.40. The molecular weight excluding hydrogens is 354 g/mol. The van der Waals surface area contributed by atoms with E-state index in [0.29, 0.717) is 24.0 Å². The van der Waals surface area contributed by atoms with E-state index in [-0.39, 0.29) is 6.04 Å². The zero-order chi connectivity index (χ0) is 18.1. The molecule has 2 unspecified atom stereocenters. The molecule has 0 fully saturated rings. The standard InChI is InChI=1S/C19H24ClN3OS/c1-15(17-10-6-7-11-18(17)20)23-19(21-2)22-12-13-25(24)14-16-8-4-3-5-9-16/h3-11,15H,12-14H2,1-2H3,(H2,21,22,23). The summed E-state index contributed by atoms with van der Waals surface area (Å²) in [5.41, 5.74) is 2.11. The van der Waals surface area contributed by atoms with Gasteiger partial charge < -0.3 is 10.6 Å². The Hall–Kier alpha value is -1.85. The topological polar surface area (TPSA) is 53.5 Å². The van der Waals surface area contributed by atoms with Crippen molar-refractivity contribution in [3.63, 3.8) is 0 Å². The highest BCUT2D eigenvalue weighted by atomic mass is 35.5. The highest BCUT2D eigenvalue weighted by Crippen LogP contribution is 2.21. The molecule has 0 aliphatic carbocycles. The number of guanidine groups is 1. The predicted molar refractivity (Wildman–Crippen MR) is 108 cm³/mol. The fraction of sp³-hybridized carbons (Fsp3) is 0.316. The van der Waals surface area contributed by atoms with Crippen LogP contribution in [0.5, 0.6) is 0 Å². The summed E-state index contributed by atoms with van der Waals surface area (Å²) in [7, 11) is 0.810. The first-order valence-corrected chi connectivity index (χ1v) is 10.1. The second-order valence-corrected chi connectivity index (χ2v) is 7.64. The molecule has 0 heterocycles. The van der Waals surface area contributed by atoms with Crippen LogP contribution in [0.3, 0.4) is 0 Å². The number of aliphatic imine (C=N–C) groups is 1. The van der Waals surface area contributed by atoms with Gasteiger partial charge in [0.2, 0.25) is 0 Å². The Labute approximate surface area is 157 Å². The van der Waals surface area contributed by atoms with Crippen LogP contribution >= 0.6 is 11.6 Å². The van der Waals surface area contributed by atoms with Gasteiger partial charge in [-0.15, -0.1) is 0 Å². The van der Waals surface area contributed by atoms with Crippen LogP contribution in [0.15, 0.2) is 59.6 Å². The lowest BCUT2D eigenvalue weighted by Gasteiger charge is -2.19. The van der Waals surface area contributed by atoms with Gasteiger partial charge in [0.25, 0.3) is 0 Å². The van der Waals surface area contributed by atoms with E-state index >= 15 is 0 Å². The van der Waals surface area contributed by atoms with Gasteiger partial charge in [-0.25, -0.2) is 0 Å². The van der Waals surface area contributed by atoms with Gasteiger partial charge in [-0.1, -0.05) is 60.1 Å². The molecule has 0 aliphatic rings. The zero-order valence-corrected chi connectivity index (χ0v) is 16.1. The molecule has 0 saturated carbocycles. The molecule has 4 nitrogen and oxygen atoms in total. The normalized spacial score (nSPS) is 14.0. The summed E-state index contributed by atoms with van der Waals surface area (Å²) in [6.07, 6.45) is 0. The lowest BCUT2D eigenvalue weighted by molar-refractivity contribution is 0.676. The molecular formula is C19H24ClN3OS. The Bertz CT molecular complexity index is 722. The molecule has 2 aromatic rings. The van der Waals surface area contributed by atoms with Crippen molar-refractivity contribution in [2.24, 2.45) is 4.99 Å². The molecule has 2 aromatic carbocycles. The minimum atomic E-state index is -0.908. The zero-order valence-electron chi connectivity index (χ0n) is 14.5. The first kappa shape index (κ1) is 19.5. The molecule has 2 N–H and O–H groups in total. The van der Waals surface area contributed by atoms with E-state index in [2.05, 4.69) is 15.6 Å². The van der Waals surface area contributed by atoms with Crippen LogP contribution in [-0.2, 0) is 16.6 Å². The van der Waals surface area contributed by atoms with E-state index in [1.165, 1.54) is 0 Å². The van der Waals surface area contributed by atoms with Crippen LogP contribution in [0, 0.1) is 0 Å². The van der Waals surface area contributed by atoms with Crippen molar-refractivity contribution in [2.75, 3.05) is 19.3 Å². The van der Waals surface area contributed by atoms with Crippen molar-refractivity contribution in [2.45, 2.75) is 18.7 Å². The van der Waals surface area contributed by atoms with E-state index in [1.807, 2.05) is 61.5 Å². The summed E-state index contributed by atoms with van der Waals surface area (Å²) in [6, 6.07) is 17.6. The third-order valence-electron chi connectivity index (χ3n) is 3.74. The van der Waals surface area contributed by atoms with Crippen LogP contribution in [-0.4, -0.2) is 29.5 Å². The van der Waals surface area contributed by atoms with E-state index in [0.717, 1.165) is 16.1 Å². The van der Waals surface area contributed by atoms with Crippen molar-refractivity contribution < 1.29 is 4.21 Å². The lowest BCUT2D eigenvalue weighted by atomic mass is 10.1. The lowest BCUT2D eigenvalue weighted by Crippen LogP contribution is -2.40. The Balaban J connectivity index is 1.78. The highest BCUT2D eigenvalue weighted by Gasteiger charge is 2.11. The van der Waals surface area contributed by atoms with Crippen LogP contribution in [0.1, 0.15) is 24.1 Å². The predicted octanol–water partition coefficient (Wildman–Crippen LogP) is 3.51. The molecule has 0 bridgehead atoms. The Morgan fingerprint density at radius 1 is 1.16 bits per heavy atom. The SMILES string of the molecule is CN=C(NCCS(=O)Cc1ccccc1)NC(C)c1ccccc1Cl. The smallest absolute Gasteiger partial charge is 0.191 e. The van der Waals surface area contributed by atoms with Crippen LogP contribution in [0.2, 0.25) is 5.02 Å². The van der Waals surface area contributed by atoms with Gasteiger partial charge in [0.15, 0.2) is 5.96 Å². The average molecular weight is 378 g/mol. The number of rotatable bonds is 7. The molecule has 134 valence electrons. The minimum absolute atomic E-state index is 0.0229. The number of benzene rings is 2. The molecule has 0 amide bonds. The molecule has 6 heteroatoms. The van der Waals surface area contributed by atoms with Crippen molar-refractivity contribution in [3.05, 3.63) is 70.7 Å². The van der Waals surface area contributed by atoms with Gasteiger partial charge in [-0.05, 0) is 24.1 Å². The number of nitrogens with one attached hydrogen (secondary N) is 2. The molecule has 25 heavy (non-hydrogen) atoms. The van der Waals surface area contributed by atoms with E-state index < -0.39 is 10.8 Å². The second kappa shape index (κ2) is 10.2. The van der Waals surface area contributed by atoms with Gasteiger partial charge >= 0.3 is 0 Å². The van der Waals surface area contributed by atoms with Crippen LogP contribution in [0.4, 0.5) is 0 Å². The Kier molecular flexibility index (Phi) is 7.95. The fourth-order valence-electron chi connectivity index (χ4n) is 2.42. The molecule has 0 spiro atoms. The molecule has 0 saturated heterocycles. The highest BCUT2D eigenvalue weighted by molar-refractivity contribution is 7.84. The third kappa shape index (κ3) is 6.52. The average Bonchev–Trinajstić information content (AvgIpc) is 2.62. The number of nitrogens with zero attached hydrogens (tertiary/aromatic N) is 1. The fourth-order valence-corrected chi connectivity index (χ4v) is 3.76. The summed E-state index contributed by atoms with van der Waals surface area (Å²) < 4.78 is 12.2. The van der Waals surface area contributed by atoms with E-state index in [1.54, 1.807) is 7.05 Å². The van der Waals surface area contributed by atoms with Gasteiger partial charge in [-0.3, -0.25) is 9.20 Å². The number of hydrogen-bond donors (Lipinski definition) is 2. The van der Waals surface area contributed by atoms with Crippen LogP contribution < -0.4 is 10.6 Å². The first-order valence-electron chi connectivity index (χ1n) is 8.20. The summed E-state index contributed by atoms with van der Waals surface area (Å²) in [5.74, 6) is 1.81. The number of halogens is 1. The first-order chi connectivity index (χ1) is 12.1. The Morgan fingerprint density at radius 3 is 2.52 bits per heavy atom. The maximum Gasteiger partial charge on any atom is 0.191 e. The van der Waals surface area contributed by atoms with Crippen molar-refractivity contribution in [3.8, 4) is 0 Å². The molecule has 0 radical (unpaired) electrons. The quantitative estimate of drug-likeness (QED) is 0.573. The van der Waals surface area contributed by atoms with E-state index in [9.17, 15) is 4.21 Å². The molecule has 2 atom stereocenters. The van der Waals surface area contributed by atoms with Gasteiger partial charge in [0.05, 0.1) is 6.04 Å². The minimum Gasteiger partial charge on any atom is -0.355 e. The largest absolute Gasteiger partial charge is 0.355 e. The molecule has 2 rings (SSSR count). The number of hydrogen-bond acceptors (Lipinski definition) is 2. The van der Waals surface area contributed by atoms with Gasteiger partial charge in [-0.2, -0.15) is 0 Å². The van der Waals surface area contributed by atoms with Crippen LogP contribution in [0.25, 0.3) is 0 Å². The van der Waals surface area contributed by atoms with Crippen molar-refractivity contribution >= 4 is 28.4 Å². The summed E-state index contributed by atoms with van der Waals surface area (Å²) in [5, 5.41) is 7.24. The molecule has 0 aromatic heterocycles. The monoisotopic (exact) mass is 377 g/mol. The second-order valence-electron chi connectivity index (χ2n) is 5.66. The maximum absolute atomic E-state index is 12.2. The molecule has 0 aliphatic heterocycles. The maximum atomic E-state index is 12.2. The summed E-state index contributed by atoms with van der Waals surface area (Å²) in [4.78, 5) is 4.22. The van der Waals surface area contributed by atoms with Gasteiger partial charge in [0, 0.05) is 40.9 Å².